The van der Waals surface area contributed by atoms with Gasteiger partial charge in [0.25, 0.3) is 0 Å². The van der Waals surface area contributed by atoms with Crippen molar-refractivity contribution in [2.75, 3.05) is 13.1 Å². The molecule has 1 aliphatic heterocycles. The molecule has 1 saturated heterocycles. The molecular formula is C23H33Cl2N3O. The van der Waals surface area contributed by atoms with E-state index >= 15 is 0 Å². The molecule has 2 aromatic carbocycles. The first kappa shape index (κ1) is 25.4. The van der Waals surface area contributed by atoms with Gasteiger partial charge in [-0.3, -0.25) is 9.69 Å². The fourth-order valence-corrected chi connectivity index (χ4v) is 3.60. The van der Waals surface area contributed by atoms with Gasteiger partial charge in [-0.05, 0) is 55.5 Å². The summed E-state index contributed by atoms with van der Waals surface area (Å²) in [5, 5.41) is 3.00. The number of carbonyl (C=O) groups excluding carboxylic acids is 1. The van der Waals surface area contributed by atoms with Gasteiger partial charge in [-0.1, -0.05) is 61.5 Å². The summed E-state index contributed by atoms with van der Waals surface area (Å²) >= 11 is 0. The van der Waals surface area contributed by atoms with Gasteiger partial charge < -0.3 is 11.1 Å². The monoisotopic (exact) mass is 437 g/mol. The second-order valence-corrected chi connectivity index (χ2v) is 8.03. The topological polar surface area (TPSA) is 58.4 Å². The van der Waals surface area contributed by atoms with Gasteiger partial charge in [0.05, 0.1) is 0 Å². The zero-order chi connectivity index (χ0) is 19.3. The van der Waals surface area contributed by atoms with Gasteiger partial charge in [-0.15, -0.1) is 24.8 Å². The maximum atomic E-state index is 12.6. The Morgan fingerprint density at radius 3 is 2.34 bits per heavy atom. The first-order valence-electron chi connectivity index (χ1n) is 9.88. The van der Waals surface area contributed by atoms with Crippen LogP contribution in [0.4, 0.5) is 0 Å². The van der Waals surface area contributed by atoms with E-state index in [1.54, 1.807) is 6.92 Å². The van der Waals surface area contributed by atoms with E-state index in [0.717, 1.165) is 23.6 Å². The number of rotatable bonds is 6. The Kier molecular flexibility index (Phi) is 10.1. The Morgan fingerprint density at radius 2 is 1.69 bits per heavy atom. The van der Waals surface area contributed by atoms with Crippen molar-refractivity contribution >= 4 is 30.7 Å². The fourth-order valence-electron chi connectivity index (χ4n) is 3.60. The van der Waals surface area contributed by atoms with Crippen LogP contribution in [0.1, 0.15) is 43.4 Å². The van der Waals surface area contributed by atoms with E-state index < -0.39 is 5.54 Å². The number of carbonyl (C=O) groups is 1. The van der Waals surface area contributed by atoms with Crippen molar-refractivity contribution in [3.8, 4) is 0 Å². The van der Waals surface area contributed by atoms with Crippen LogP contribution in [0.3, 0.4) is 0 Å². The van der Waals surface area contributed by atoms with Crippen LogP contribution in [-0.4, -0.2) is 23.9 Å². The highest BCUT2D eigenvalue weighted by molar-refractivity contribution is 5.87. The quantitative estimate of drug-likeness (QED) is 0.709. The van der Waals surface area contributed by atoms with Gasteiger partial charge >= 0.3 is 0 Å². The Labute approximate surface area is 187 Å². The molecule has 6 heteroatoms. The number of benzene rings is 2. The number of nitrogens with two attached hydrogens (primary N) is 1. The average molecular weight is 438 g/mol. The highest BCUT2D eigenvalue weighted by Crippen LogP contribution is 2.19. The van der Waals surface area contributed by atoms with Crippen molar-refractivity contribution in [2.24, 2.45) is 11.7 Å². The van der Waals surface area contributed by atoms with Gasteiger partial charge in [-0.2, -0.15) is 0 Å². The van der Waals surface area contributed by atoms with Gasteiger partial charge in [0.2, 0.25) is 5.91 Å². The van der Waals surface area contributed by atoms with Crippen molar-refractivity contribution in [2.45, 2.75) is 45.3 Å². The number of piperidine rings is 1. The fraction of sp³-hybridized carbons (Fsp3) is 0.435. The van der Waals surface area contributed by atoms with Gasteiger partial charge in [0.15, 0.2) is 0 Å². The van der Waals surface area contributed by atoms with Crippen LogP contribution >= 0.6 is 24.8 Å². The summed E-state index contributed by atoms with van der Waals surface area (Å²) in [4.78, 5) is 15.1. The number of halogens is 2. The van der Waals surface area contributed by atoms with Crippen LogP contribution in [0.2, 0.25) is 0 Å². The Morgan fingerprint density at radius 1 is 1.07 bits per heavy atom. The lowest BCUT2D eigenvalue weighted by molar-refractivity contribution is -0.126. The number of hydrogen-bond acceptors (Lipinski definition) is 3. The maximum Gasteiger partial charge on any atom is 0.244 e. The lowest BCUT2D eigenvalue weighted by atomic mass is 9.92. The Hall–Kier alpha value is -1.59. The molecule has 0 aliphatic carbocycles. The second-order valence-electron chi connectivity index (χ2n) is 8.03. The number of amides is 1. The summed E-state index contributed by atoms with van der Waals surface area (Å²) in [6.07, 6.45) is 2.56. The smallest absolute Gasteiger partial charge is 0.244 e. The second kappa shape index (κ2) is 11.6. The third-order valence-corrected chi connectivity index (χ3v) is 5.57. The van der Waals surface area contributed by atoms with Crippen LogP contribution in [0.5, 0.6) is 0 Å². The SMILES string of the molecule is CC1CCN(Cc2cccc(CNC(=O)C(C)(N)c3ccccc3)c2)CC1.Cl.Cl. The zero-order valence-corrected chi connectivity index (χ0v) is 18.9. The van der Waals surface area contributed by atoms with Crippen LogP contribution in [0.15, 0.2) is 54.6 Å². The highest BCUT2D eigenvalue weighted by atomic mass is 35.5. The molecule has 0 bridgehead atoms. The summed E-state index contributed by atoms with van der Waals surface area (Å²) in [7, 11) is 0. The van der Waals surface area contributed by atoms with Crippen LogP contribution in [0.25, 0.3) is 0 Å². The molecule has 1 heterocycles. The van der Waals surface area contributed by atoms with E-state index in [9.17, 15) is 4.79 Å². The molecule has 1 fully saturated rings. The molecule has 0 spiro atoms. The molecule has 4 nitrogen and oxygen atoms in total. The third-order valence-electron chi connectivity index (χ3n) is 5.57. The van der Waals surface area contributed by atoms with Crippen LogP contribution in [-0.2, 0) is 23.4 Å². The van der Waals surface area contributed by atoms with Crippen LogP contribution < -0.4 is 11.1 Å². The zero-order valence-electron chi connectivity index (χ0n) is 17.3. The first-order valence-corrected chi connectivity index (χ1v) is 9.88. The molecule has 29 heavy (non-hydrogen) atoms. The molecule has 1 atom stereocenters. The number of hydrogen-bond donors (Lipinski definition) is 2. The molecule has 1 aliphatic rings. The number of nitrogens with one attached hydrogen (secondary N) is 1. The van der Waals surface area contributed by atoms with E-state index in [4.69, 9.17) is 5.73 Å². The predicted molar refractivity (Wildman–Crippen MR) is 124 cm³/mol. The summed E-state index contributed by atoms with van der Waals surface area (Å²) in [6, 6.07) is 18.0. The van der Waals surface area contributed by atoms with Gasteiger partial charge in [0, 0.05) is 13.1 Å². The first-order chi connectivity index (χ1) is 12.9. The molecule has 0 saturated carbocycles. The maximum absolute atomic E-state index is 12.6. The Bertz CT molecular complexity index is 760. The molecular weight excluding hydrogens is 405 g/mol. The summed E-state index contributed by atoms with van der Waals surface area (Å²) in [6.45, 7) is 7.90. The van der Waals surface area contributed by atoms with Crippen molar-refractivity contribution in [3.05, 3.63) is 71.3 Å². The van der Waals surface area contributed by atoms with Crippen molar-refractivity contribution < 1.29 is 4.79 Å². The summed E-state index contributed by atoms with van der Waals surface area (Å²) < 4.78 is 0. The average Bonchev–Trinajstić information content (AvgIpc) is 2.69. The van der Waals surface area contributed by atoms with E-state index in [1.807, 2.05) is 30.3 Å². The molecule has 3 N–H and O–H groups in total. The minimum Gasteiger partial charge on any atom is -0.350 e. The number of nitrogens with zero attached hydrogens (tertiary/aromatic N) is 1. The lowest BCUT2D eigenvalue weighted by Crippen LogP contribution is -2.48. The molecule has 2 aromatic rings. The minimum atomic E-state index is -1.04. The summed E-state index contributed by atoms with van der Waals surface area (Å²) in [5.41, 5.74) is 8.48. The van der Waals surface area contributed by atoms with E-state index in [0.29, 0.717) is 6.54 Å². The molecule has 1 unspecified atom stereocenters. The normalized spacial score (nSPS) is 16.8. The molecule has 1 amide bonds. The van der Waals surface area contributed by atoms with Gasteiger partial charge in [0.1, 0.15) is 5.54 Å². The third kappa shape index (κ3) is 7.00. The van der Waals surface area contributed by atoms with E-state index in [-0.39, 0.29) is 30.7 Å². The lowest BCUT2D eigenvalue weighted by Gasteiger charge is -2.30. The summed E-state index contributed by atoms with van der Waals surface area (Å²) in [5.74, 6) is 0.683. The molecule has 0 aromatic heterocycles. The van der Waals surface area contributed by atoms with E-state index in [1.165, 1.54) is 31.5 Å². The van der Waals surface area contributed by atoms with E-state index in [2.05, 4.69) is 41.4 Å². The number of likely N-dealkylation sites (tertiary alicyclic amines) is 1. The molecule has 3 rings (SSSR count). The van der Waals surface area contributed by atoms with Gasteiger partial charge in [-0.25, -0.2) is 0 Å². The largest absolute Gasteiger partial charge is 0.350 e. The van der Waals surface area contributed by atoms with Crippen molar-refractivity contribution in [3.63, 3.8) is 0 Å². The highest BCUT2D eigenvalue weighted by Gasteiger charge is 2.29. The molecule has 0 radical (unpaired) electrons. The van der Waals surface area contributed by atoms with Crippen LogP contribution in [0, 0.1) is 5.92 Å². The van der Waals surface area contributed by atoms with Crippen molar-refractivity contribution in [1.29, 1.82) is 0 Å². The van der Waals surface area contributed by atoms with Crippen molar-refractivity contribution in [1.82, 2.24) is 10.2 Å². The standard InChI is InChI=1S/C23H31N3O.2ClH/c1-18-11-13-26(14-12-18)17-20-8-6-7-19(15-20)16-25-22(27)23(2,24)21-9-4-3-5-10-21;;/h3-10,15,18H,11-14,16-17,24H2,1-2H3,(H,25,27);2*1H. The minimum absolute atomic E-state index is 0. The molecule has 160 valence electrons. The Balaban J connectivity index is 0.00000210. The predicted octanol–water partition coefficient (Wildman–Crippen LogP) is 4.25.